The zero-order chi connectivity index (χ0) is 18.5. The van der Waals surface area contributed by atoms with Crippen molar-refractivity contribution in [1.29, 1.82) is 0 Å². The summed E-state index contributed by atoms with van der Waals surface area (Å²) in [5.74, 6) is 0.790. The van der Waals surface area contributed by atoms with Crippen LogP contribution in [-0.4, -0.2) is 19.5 Å². The Balaban J connectivity index is 1.88. The monoisotopic (exact) mass is 350 g/mol. The SMILES string of the molecule is CCOc1ccc(C=CC(=O)c2cc3ccccc3oc2=O)cc1OC. The van der Waals surface area contributed by atoms with E-state index in [4.69, 9.17) is 13.9 Å². The predicted molar refractivity (Wildman–Crippen MR) is 100 cm³/mol. The van der Waals surface area contributed by atoms with Crippen LogP contribution in [0.25, 0.3) is 17.0 Å². The van der Waals surface area contributed by atoms with Gasteiger partial charge in [0.05, 0.1) is 13.7 Å². The molecule has 0 spiro atoms. The van der Waals surface area contributed by atoms with E-state index in [1.807, 2.05) is 13.0 Å². The number of benzene rings is 2. The van der Waals surface area contributed by atoms with Crippen molar-refractivity contribution < 1.29 is 18.7 Å². The number of fused-ring (bicyclic) bond motifs is 1. The minimum atomic E-state index is -0.650. The van der Waals surface area contributed by atoms with Crippen molar-refractivity contribution in [3.63, 3.8) is 0 Å². The summed E-state index contributed by atoms with van der Waals surface area (Å²) in [4.78, 5) is 24.4. The van der Waals surface area contributed by atoms with Gasteiger partial charge in [-0.2, -0.15) is 0 Å². The number of para-hydroxylation sites is 1. The minimum absolute atomic E-state index is 0.00199. The zero-order valence-corrected chi connectivity index (χ0v) is 14.5. The Labute approximate surface area is 150 Å². The van der Waals surface area contributed by atoms with Gasteiger partial charge in [-0.1, -0.05) is 30.3 Å². The first-order chi connectivity index (χ1) is 12.6. The van der Waals surface area contributed by atoms with Crippen LogP contribution in [0.4, 0.5) is 0 Å². The molecule has 1 aromatic heterocycles. The summed E-state index contributed by atoms with van der Waals surface area (Å²) in [5, 5.41) is 0.701. The van der Waals surface area contributed by atoms with E-state index in [9.17, 15) is 9.59 Å². The lowest BCUT2D eigenvalue weighted by Gasteiger charge is -2.09. The number of carbonyl (C=O) groups is 1. The molecule has 0 amide bonds. The Morgan fingerprint density at radius 3 is 2.69 bits per heavy atom. The molecule has 3 aromatic rings. The molecular formula is C21H18O5. The fraction of sp³-hybridized carbons (Fsp3) is 0.143. The van der Waals surface area contributed by atoms with E-state index in [0.717, 1.165) is 5.56 Å². The molecule has 0 aliphatic carbocycles. The van der Waals surface area contributed by atoms with Crippen molar-refractivity contribution in [3.05, 3.63) is 76.2 Å². The third-order valence-electron chi connectivity index (χ3n) is 3.82. The average molecular weight is 350 g/mol. The summed E-state index contributed by atoms with van der Waals surface area (Å²) in [7, 11) is 1.55. The van der Waals surface area contributed by atoms with Crippen LogP contribution in [0.1, 0.15) is 22.8 Å². The topological polar surface area (TPSA) is 65.7 Å². The second kappa shape index (κ2) is 7.70. The molecule has 2 aromatic carbocycles. The van der Waals surface area contributed by atoms with Crippen molar-refractivity contribution in [1.82, 2.24) is 0 Å². The average Bonchev–Trinajstić information content (AvgIpc) is 2.66. The Bertz CT molecular complexity index is 1030. The summed E-state index contributed by atoms with van der Waals surface area (Å²) < 4.78 is 16.0. The molecular weight excluding hydrogens is 332 g/mol. The second-order valence-corrected chi connectivity index (χ2v) is 5.53. The molecule has 0 radical (unpaired) electrons. The summed E-state index contributed by atoms with van der Waals surface area (Å²) in [6, 6.07) is 14.0. The molecule has 26 heavy (non-hydrogen) atoms. The molecule has 0 unspecified atom stereocenters. The standard InChI is InChI=1S/C21H18O5/c1-3-25-19-11-9-14(12-20(19)24-2)8-10-17(22)16-13-15-6-4-5-7-18(15)26-21(16)23/h4-13H,3H2,1-2H3. The van der Waals surface area contributed by atoms with Crippen molar-refractivity contribution >= 4 is 22.8 Å². The lowest BCUT2D eigenvalue weighted by atomic mass is 10.1. The number of methoxy groups -OCH3 is 1. The first-order valence-electron chi connectivity index (χ1n) is 8.18. The highest BCUT2D eigenvalue weighted by Crippen LogP contribution is 2.28. The van der Waals surface area contributed by atoms with Crippen molar-refractivity contribution in [2.75, 3.05) is 13.7 Å². The van der Waals surface area contributed by atoms with E-state index in [0.29, 0.717) is 29.1 Å². The number of rotatable bonds is 6. The molecule has 132 valence electrons. The predicted octanol–water partition coefficient (Wildman–Crippen LogP) is 4.10. The van der Waals surface area contributed by atoms with Crippen LogP contribution in [-0.2, 0) is 0 Å². The van der Waals surface area contributed by atoms with E-state index in [-0.39, 0.29) is 5.56 Å². The maximum absolute atomic E-state index is 12.4. The largest absolute Gasteiger partial charge is 0.493 e. The summed E-state index contributed by atoms with van der Waals surface area (Å²) in [6.45, 7) is 2.42. The molecule has 5 heteroatoms. The number of ether oxygens (including phenoxy) is 2. The van der Waals surface area contributed by atoms with E-state index in [1.165, 1.54) is 6.08 Å². The first kappa shape index (κ1) is 17.5. The summed E-state index contributed by atoms with van der Waals surface area (Å²) in [6.07, 6.45) is 2.96. The fourth-order valence-electron chi connectivity index (χ4n) is 2.56. The summed E-state index contributed by atoms with van der Waals surface area (Å²) in [5.41, 5.74) is 0.554. The van der Waals surface area contributed by atoms with E-state index >= 15 is 0 Å². The number of ketones is 1. The second-order valence-electron chi connectivity index (χ2n) is 5.53. The molecule has 3 rings (SSSR count). The maximum atomic E-state index is 12.4. The highest BCUT2D eigenvalue weighted by atomic mass is 16.5. The van der Waals surface area contributed by atoms with Gasteiger partial charge in [0.25, 0.3) is 0 Å². The van der Waals surface area contributed by atoms with Crippen LogP contribution in [0.2, 0.25) is 0 Å². The van der Waals surface area contributed by atoms with Crippen LogP contribution in [0.5, 0.6) is 11.5 Å². The van der Waals surface area contributed by atoms with Gasteiger partial charge in [-0.25, -0.2) is 4.79 Å². The highest BCUT2D eigenvalue weighted by molar-refractivity contribution is 6.07. The number of allylic oxidation sites excluding steroid dienone is 1. The van der Waals surface area contributed by atoms with Crippen molar-refractivity contribution in [2.24, 2.45) is 0 Å². The van der Waals surface area contributed by atoms with Crippen molar-refractivity contribution in [2.45, 2.75) is 6.92 Å². The van der Waals surface area contributed by atoms with Crippen LogP contribution >= 0.6 is 0 Å². The molecule has 0 atom stereocenters. The van der Waals surface area contributed by atoms with E-state index in [1.54, 1.807) is 55.7 Å². The van der Waals surface area contributed by atoms with Gasteiger partial charge in [-0.15, -0.1) is 0 Å². The number of hydrogen-bond donors (Lipinski definition) is 0. The van der Waals surface area contributed by atoms with Gasteiger partial charge in [-0.05, 0) is 42.8 Å². The smallest absolute Gasteiger partial charge is 0.347 e. The molecule has 0 N–H and O–H groups in total. The maximum Gasteiger partial charge on any atom is 0.347 e. The molecule has 0 saturated carbocycles. The molecule has 0 bridgehead atoms. The van der Waals surface area contributed by atoms with E-state index < -0.39 is 11.4 Å². The quantitative estimate of drug-likeness (QED) is 0.380. The van der Waals surface area contributed by atoms with Crippen LogP contribution in [0.3, 0.4) is 0 Å². The Morgan fingerprint density at radius 2 is 1.92 bits per heavy atom. The van der Waals surface area contributed by atoms with Gasteiger partial charge in [-0.3, -0.25) is 4.79 Å². The highest BCUT2D eigenvalue weighted by Gasteiger charge is 2.11. The van der Waals surface area contributed by atoms with Crippen molar-refractivity contribution in [3.8, 4) is 11.5 Å². The van der Waals surface area contributed by atoms with Gasteiger partial charge in [0, 0.05) is 5.39 Å². The molecule has 0 aliphatic heterocycles. The first-order valence-corrected chi connectivity index (χ1v) is 8.18. The third kappa shape index (κ3) is 3.67. The van der Waals surface area contributed by atoms with Gasteiger partial charge in [0.1, 0.15) is 11.1 Å². The Kier molecular flexibility index (Phi) is 5.17. The molecule has 5 nitrogen and oxygen atoms in total. The molecule has 0 fully saturated rings. The third-order valence-corrected chi connectivity index (χ3v) is 3.82. The zero-order valence-electron chi connectivity index (χ0n) is 14.5. The van der Waals surface area contributed by atoms with Crippen LogP contribution in [0.15, 0.2) is 63.8 Å². The van der Waals surface area contributed by atoms with Gasteiger partial charge in [0.2, 0.25) is 0 Å². The molecule has 0 aliphatic rings. The Hall–Kier alpha value is -3.34. The molecule has 0 saturated heterocycles. The normalized spacial score (nSPS) is 11.0. The molecule has 1 heterocycles. The fourth-order valence-corrected chi connectivity index (χ4v) is 2.56. The van der Waals surface area contributed by atoms with Crippen LogP contribution < -0.4 is 15.1 Å². The summed E-state index contributed by atoms with van der Waals surface area (Å²) >= 11 is 0. The van der Waals surface area contributed by atoms with E-state index in [2.05, 4.69) is 0 Å². The van der Waals surface area contributed by atoms with Gasteiger partial charge < -0.3 is 13.9 Å². The number of carbonyl (C=O) groups excluding carboxylic acids is 1. The Morgan fingerprint density at radius 1 is 1.12 bits per heavy atom. The minimum Gasteiger partial charge on any atom is -0.493 e. The van der Waals surface area contributed by atoms with Crippen LogP contribution in [0, 0.1) is 0 Å². The lowest BCUT2D eigenvalue weighted by molar-refractivity contribution is 0.104. The number of hydrogen-bond acceptors (Lipinski definition) is 5. The lowest BCUT2D eigenvalue weighted by Crippen LogP contribution is -2.11. The van der Waals surface area contributed by atoms with Gasteiger partial charge >= 0.3 is 5.63 Å². The van der Waals surface area contributed by atoms with Gasteiger partial charge in [0.15, 0.2) is 17.3 Å².